The van der Waals surface area contributed by atoms with Crippen LogP contribution in [0.1, 0.15) is 28.8 Å². The molecule has 0 radical (unpaired) electrons. The average Bonchev–Trinajstić information content (AvgIpc) is 2.80. The molecule has 92 valence electrons. The minimum atomic E-state index is 0.0415. The highest BCUT2D eigenvalue weighted by molar-refractivity contribution is 6.31. The van der Waals surface area contributed by atoms with Crippen LogP contribution in [0.3, 0.4) is 0 Å². The fourth-order valence-electron chi connectivity index (χ4n) is 2.24. The smallest absolute Gasteiger partial charge is 0.254 e. The van der Waals surface area contributed by atoms with Crippen molar-refractivity contribution in [2.75, 3.05) is 13.1 Å². The first-order valence-corrected chi connectivity index (χ1v) is 6.28. The Morgan fingerprint density at radius 2 is 2.35 bits per heavy atom. The van der Waals surface area contributed by atoms with Gasteiger partial charge < -0.3 is 10.6 Å². The molecule has 1 aliphatic rings. The van der Waals surface area contributed by atoms with Gasteiger partial charge in [0.1, 0.15) is 0 Å². The Bertz CT molecular complexity index is 433. The van der Waals surface area contributed by atoms with E-state index in [1.54, 1.807) is 6.07 Å². The van der Waals surface area contributed by atoms with Gasteiger partial charge in [-0.3, -0.25) is 4.79 Å². The van der Waals surface area contributed by atoms with Crippen LogP contribution < -0.4 is 5.73 Å². The molecule has 0 bridgehead atoms. The number of carbonyl (C=O) groups excluding carboxylic acids is 1. The lowest BCUT2D eigenvalue weighted by Gasteiger charge is -2.23. The number of rotatable bonds is 2. The standard InChI is InChI=1S/C13H17ClN2O/c1-9-4-5-10(7-12(9)14)13(17)16-6-2-3-11(16)8-15/h4-5,7,11H,2-3,6,8,15H2,1H3/t11-/m1/s1. The van der Waals surface area contributed by atoms with E-state index in [0.29, 0.717) is 17.1 Å². The van der Waals surface area contributed by atoms with Crippen molar-refractivity contribution < 1.29 is 4.79 Å². The van der Waals surface area contributed by atoms with Crippen molar-refractivity contribution in [1.82, 2.24) is 4.90 Å². The average molecular weight is 253 g/mol. The number of carbonyl (C=O) groups is 1. The van der Waals surface area contributed by atoms with Crippen LogP contribution >= 0.6 is 11.6 Å². The van der Waals surface area contributed by atoms with Gasteiger partial charge in [-0.25, -0.2) is 0 Å². The van der Waals surface area contributed by atoms with Gasteiger partial charge >= 0.3 is 0 Å². The van der Waals surface area contributed by atoms with E-state index in [1.807, 2.05) is 24.0 Å². The highest BCUT2D eigenvalue weighted by atomic mass is 35.5. The van der Waals surface area contributed by atoms with Crippen molar-refractivity contribution in [3.8, 4) is 0 Å². The second-order valence-electron chi connectivity index (χ2n) is 4.49. The van der Waals surface area contributed by atoms with Crippen molar-refractivity contribution in [3.63, 3.8) is 0 Å². The van der Waals surface area contributed by atoms with E-state index in [4.69, 9.17) is 17.3 Å². The lowest BCUT2D eigenvalue weighted by Crippen LogP contribution is -2.39. The zero-order valence-electron chi connectivity index (χ0n) is 9.95. The monoisotopic (exact) mass is 252 g/mol. The number of hydrogen-bond donors (Lipinski definition) is 1. The number of nitrogens with zero attached hydrogens (tertiary/aromatic N) is 1. The van der Waals surface area contributed by atoms with Crippen molar-refractivity contribution in [1.29, 1.82) is 0 Å². The summed E-state index contributed by atoms with van der Waals surface area (Å²) < 4.78 is 0. The van der Waals surface area contributed by atoms with Crippen LogP contribution in [0.25, 0.3) is 0 Å². The summed E-state index contributed by atoms with van der Waals surface area (Å²) in [7, 11) is 0. The second-order valence-corrected chi connectivity index (χ2v) is 4.90. The van der Waals surface area contributed by atoms with Crippen molar-refractivity contribution in [2.24, 2.45) is 5.73 Å². The summed E-state index contributed by atoms with van der Waals surface area (Å²) in [4.78, 5) is 14.2. The molecule has 0 aliphatic carbocycles. The minimum absolute atomic E-state index is 0.0415. The maximum absolute atomic E-state index is 12.3. The van der Waals surface area contributed by atoms with E-state index < -0.39 is 0 Å². The predicted molar refractivity (Wildman–Crippen MR) is 69.3 cm³/mol. The zero-order chi connectivity index (χ0) is 12.4. The van der Waals surface area contributed by atoms with Crippen LogP contribution in [-0.4, -0.2) is 29.9 Å². The predicted octanol–water partition coefficient (Wildman–Crippen LogP) is 2.21. The normalized spacial score (nSPS) is 19.7. The molecule has 1 heterocycles. The summed E-state index contributed by atoms with van der Waals surface area (Å²) in [6, 6.07) is 5.63. The Morgan fingerprint density at radius 1 is 1.59 bits per heavy atom. The summed E-state index contributed by atoms with van der Waals surface area (Å²) >= 11 is 6.04. The number of benzene rings is 1. The van der Waals surface area contributed by atoms with Gasteiger partial charge in [0, 0.05) is 29.7 Å². The van der Waals surface area contributed by atoms with Crippen LogP contribution in [0.2, 0.25) is 5.02 Å². The summed E-state index contributed by atoms with van der Waals surface area (Å²) in [6.45, 7) is 3.26. The first-order chi connectivity index (χ1) is 8.13. The fourth-order valence-corrected chi connectivity index (χ4v) is 2.42. The molecule has 3 nitrogen and oxygen atoms in total. The van der Waals surface area contributed by atoms with Crippen LogP contribution in [0.4, 0.5) is 0 Å². The van der Waals surface area contributed by atoms with Crippen molar-refractivity contribution in [2.45, 2.75) is 25.8 Å². The molecule has 0 aromatic heterocycles. The van der Waals surface area contributed by atoms with E-state index in [0.717, 1.165) is 24.9 Å². The molecule has 2 N–H and O–H groups in total. The highest BCUT2D eigenvalue weighted by Crippen LogP contribution is 2.22. The van der Waals surface area contributed by atoms with E-state index in [9.17, 15) is 4.79 Å². The molecule has 0 saturated carbocycles. The Kier molecular flexibility index (Phi) is 3.69. The van der Waals surface area contributed by atoms with Crippen molar-refractivity contribution in [3.05, 3.63) is 34.3 Å². The molecule has 1 aliphatic heterocycles. The summed E-state index contributed by atoms with van der Waals surface area (Å²) in [5, 5.41) is 0.638. The highest BCUT2D eigenvalue weighted by Gasteiger charge is 2.28. The van der Waals surface area contributed by atoms with Gasteiger partial charge in [-0.2, -0.15) is 0 Å². The Balaban J connectivity index is 2.21. The Hall–Kier alpha value is -1.06. The number of nitrogens with two attached hydrogens (primary N) is 1. The number of amides is 1. The fraction of sp³-hybridized carbons (Fsp3) is 0.462. The van der Waals surface area contributed by atoms with E-state index in [2.05, 4.69) is 0 Å². The van der Waals surface area contributed by atoms with E-state index in [1.165, 1.54) is 0 Å². The van der Waals surface area contributed by atoms with Crippen LogP contribution in [0.15, 0.2) is 18.2 Å². The van der Waals surface area contributed by atoms with Gasteiger partial charge in [-0.15, -0.1) is 0 Å². The SMILES string of the molecule is Cc1ccc(C(=O)N2CCC[C@@H]2CN)cc1Cl. The van der Waals surface area contributed by atoms with Gasteiger partial charge in [-0.05, 0) is 37.5 Å². The number of likely N-dealkylation sites (tertiary alicyclic amines) is 1. The lowest BCUT2D eigenvalue weighted by molar-refractivity contribution is 0.0741. The van der Waals surface area contributed by atoms with Gasteiger partial charge in [-0.1, -0.05) is 17.7 Å². The molecule has 17 heavy (non-hydrogen) atoms. The molecule has 1 fully saturated rings. The van der Waals surface area contributed by atoms with Gasteiger partial charge in [0.15, 0.2) is 0 Å². The quantitative estimate of drug-likeness (QED) is 0.877. The lowest BCUT2D eigenvalue weighted by atomic mass is 10.1. The summed E-state index contributed by atoms with van der Waals surface area (Å²) in [5.74, 6) is 0.0415. The van der Waals surface area contributed by atoms with E-state index in [-0.39, 0.29) is 11.9 Å². The molecule has 1 saturated heterocycles. The van der Waals surface area contributed by atoms with Crippen molar-refractivity contribution >= 4 is 17.5 Å². The molecule has 1 amide bonds. The minimum Gasteiger partial charge on any atom is -0.334 e. The number of halogens is 1. The summed E-state index contributed by atoms with van der Waals surface area (Å²) in [6.07, 6.45) is 2.04. The van der Waals surface area contributed by atoms with Crippen LogP contribution in [0.5, 0.6) is 0 Å². The largest absolute Gasteiger partial charge is 0.334 e. The molecule has 0 unspecified atom stereocenters. The third-order valence-corrected chi connectivity index (χ3v) is 3.74. The molecule has 0 spiro atoms. The van der Waals surface area contributed by atoms with Gasteiger partial charge in [0.25, 0.3) is 5.91 Å². The topological polar surface area (TPSA) is 46.3 Å². The van der Waals surface area contributed by atoms with Gasteiger partial charge in [0.2, 0.25) is 0 Å². The molecule has 1 atom stereocenters. The Labute approximate surface area is 107 Å². The van der Waals surface area contributed by atoms with Crippen LogP contribution in [0, 0.1) is 6.92 Å². The third kappa shape index (κ3) is 2.45. The Morgan fingerprint density at radius 3 is 3.00 bits per heavy atom. The molecular formula is C13H17ClN2O. The number of hydrogen-bond acceptors (Lipinski definition) is 2. The zero-order valence-corrected chi connectivity index (χ0v) is 10.7. The second kappa shape index (κ2) is 5.07. The van der Waals surface area contributed by atoms with Gasteiger partial charge in [0.05, 0.1) is 0 Å². The molecule has 2 rings (SSSR count). The first kappa shape index (κ1) is 12.4. The molecule has 1 aromatic carbocycles. The molecule has 4 heteroatoms. The molecular weight excluding hydrogens is 236 g/mol. The third-order valence-electron chi connectivity index (χ3n) is 3.33. The number of aryl methyl sites for hydroxylation is 1. The maximum Gasteiger partial charge on any atom is 0.254 e. The first-order valence-electron chi connectivity index (χ1n) is 5.90. The van der Waals surface area contributed by atoms with Crippen LogP contribution in [-0.2, 0) is 0 Å². The maximum atomic E-state index is 12.3. The summed E-state index contributed by atoms with van der Waals surface area (Å²) in [5.41, 5.74) is 7.31. The molecule has 1 aromatic rings. The van der Waals surface area contributed by atoms with E-state index >= 15 is 0 Å².